The summed E-state index contributed by atoms with van der Waals surface area (Å²) in [6, 6.07) is 0. The van der Waals surface area contributed by atoms with Gasteiger partial charge in [0.1, 0.15) is 5.67 Å². The first-order valence-electron chi connectivity index (χ1n) is 4.51. The molecule has 0 fully saturated rings. The van der Waals surface area contributed by atoms with Gasteiger partial charge in [0, 0.05) is 11.3 Å². The zero-order chi connectivity index (χ0) is 9.47. The molecule has 1 aliphatic rings. The van der Waals surface area contributed by atoms with Crippen LogP contribution >= 0.6 is 0 Å². The average Bonchev–Trinajstić information content (AvgIpc) is 2.48. The predicted octanol–water partition coefficient (Wildman–Crippen LogP) is 1.42. The number of alkyl halides is 1. The fourth-order valence-corrected chi connectivity index (χ4v) is 2.05. The zero-order valence-electron chi connectivity index (χ0n) is 7.60. The molecule has 1 heterocycles. The minimum absolute atomic E-state index is 0.189. The van der Waals surface area contributed by atoms with E-state index in [2.05, 4.69) is 10.2 Å². The van der Waals surface area contributed by atoms with Crippen molar-refractivity contribution in [3.05, 3.63) is 17.0 Å². The monoisotopic (exact) mass is 184 g/mol. The Morgan fingerprint density at radius 2 is 2.46 bits per heavy atom. The SMILES string of the molecule is CC1(F)CCCc2[nH]nc(CO)c21. The Bertz CT molecular complexity index is 306. The Labute approximate surface area is 76.0 Å². The molecule has 0 bridgehead atoms. The smallest absolute Gasteiger partial charge is 0.136 e. The third-order valence-electron chi connectivity index (χ3n) is 2.66. The number of fused-ring (bicyclic) bond motifs is 1. The molecule has 2 N–H and O–H groups in total. The van der Waals surface area contributed by atoms with Crippen molar-refractivity contribution in [1.29, 1.82) is 0 Å². The maximum Gasteiger partial charge on any atom is 0.136 e. The van der Waals surface area contributed by atoms with Gasteiger partial charge in [-0.25, -0.2) is 4.39 Å². The number of aromatic amines is 1. The van der Waals surface area contributed by atoms with E-state index in [0.29, 0.717) is 17.7 Å². The highest BCUT2D eigenvalue weighted by Crippen LogP contribution is 2.39. The molecule has 1 aromatic heterocycles. The number of aliphatic hydroxyl groups excluding tert-OH is 1. The molecule has 13 heavy (non-hydrogen) atoms. The number of aromatic nitrogens is 2. The van der Waals surface area contributed by atoms with Crippen LogP contribution in [-0.2, 0) is 18.7 Å². The third-order valence-corrected chi connectivity index (χ3v) is 2.66. The van der Waals surface area contributed by atoms with Crippen LogP contribution in [0.2, 0.25) is 0 Å². The van der Waals surface area contributed by atoms with Crippen LogP contribution in [0.15, 0.2) is 0 Å². The molecule has 0 saturated carbocycles. The molecule has 0 aliphatic heterocycles. The van der Waals surface area contributed by atoms with Crippen LogP contribution in [0.3, 0.4) is 0 Å². The van der Waals surface area contributed by atoms with Crippen molar-refractivity contribution in [1.82, 2.24) is 10.2 Å². The summed E-state index contributed by atoms with van der Waals surface area (Å²) in [6.07, 6.45) is 2.20. The van der Waals surface area contributed by atoms with E-state index < -0.39 is 5.67 Å². The first-order valence-corrected chi connectivity index (χ1v) is 4.51. The Morgan fingerprint density at radius 3 is 3.15 bits per heavy atom. The van der Waals surface area contributed by atoms with Crippen molar-refractivity contribution in [2.24, 2.45) is 0 Å². The maximum atomic E-state index is 14.0. The van der Waals surface area contributed by atoms with E-state index in [4.69, 9.17) is 5.11 Å². The van der Waals surface area contributed by atoms with E-state index in [-0.39, 0.29) is 6.61 Å². The maximum absolute atomic E-state index is 14.0. The van der Waals surface area contributed by atoms with Crippen molar-refractivity contribution in [3.8, 4) is 0 Å². The number of nitrogens with zero attached hydrogens (tertiary/aromatic N) is 1. The highest BCUT2D eigenvalue weighted by atomic mass is 19.1. The summed E-state index contributed by atoms with van der Waals surface area (Å²) >= 11 is 0. The van der Waals surface area contributed by atoms with E-state index in [1.807, 2.05) is 0 Å². The Morgan fingerprint density at radius 1 is 1.69 bits per heavy atom. The molecule has 0 spiro atoms. The molecule has 4 heteroatoms. The van der Waals surface area contributed by atoms with E-state index in [9.17, 15) is 4.39 Å². The molecule has 2 rings (SSSR count). The molecule has 1 unspecified atom stereocenters. The molecule has 0 saturated heterocycles. The van der Waals surface area contributed by atoms with Gasteiger partial charge >= 0.3 is 0 Å². The lowest BCUT2D eigenvalue weighted by Crippen LogP contribution is -2.22. The standard InChI is InChI=1S/C9H13FN2O/c1-9(10)4-2-3-6-8(9)7(5-13)12-11-6/h13H,2-5H2,1H3,(H,11,12). The van der Waals surface area contributed by atoms with Gasteiger partial charge in [0.05, 0.1) is 12.3 Å². The lowest BCUT2D eigenvalue weighted by atomic mass is 9.84. The normalized spacial score (nSPS) is 27.3. The third kappa shape index (κ3) is 1.25. The lowest BCUT2D eigenvalue weighted by molar-refractivity contribution is 0.156. The van der Waals surface area contributed by atoms with Crippen LogP contribution in [0.4, 0.5) is 4.39 Å². The second-order valence-corrected chi connectivity index (χ2v) is 3.73. The van der Waals surface area contributed by atoms with Crippen molar-refractivity contribution in [2.75, 3.05) is 0 Å². The van der Waals surface area contributed by atoms with E-state index in [1.165, 1.54) is 0 Å². The predicted molar refractivity (Wildman–Crippen MR) is 45.9 cm³/mol. The minimum atomic E-state index is -1.32. The Kier molecular flexibility index (Phi) is 1.87. The second kappa shape index (κ2) is 2.80. The molecule has 1 aliphatic carbocycles. The van der Waals surface area contributed by atoms with E-state index in [0.717, 1.165) is 18.5 Å². The fraction of sp³-hybridized carbons (Fsp3) is 0.667. The fourth-order valence-electron chi connectivity index (χ4n) is 2.05. The quantitative estimate of drug-likeness (QED) is 0.693. The van der Waals surface area contributed by atoms with Gasteiger partial charge in [-0.2, -0.15) is 5.10 Å². The topological polar surface area (TPSA) is 48.9 Å². The molecular weight excluding hydrogens is 171 g/mol. The molecule has 0 radical (unpaired) electrons. The highest BCUT2D eigenvalue weighted by Gasteiger charge is 2.35. The number of aliphatic hydroxyl groups is 1. The van der Waals surface area contributed by atoms with Gasteiger partial charge in [-0.15, -0.1) is 0 Å². The van der Waals surface area contributed by atoms with Gasteiger partial charge in [-0.3, -0.25) is 5.10 Å². The number of hydrogen-bond acceptors (Lipinski definition) is 2. The molecule has 0 amide bonds. The zero-order valence-corrected chi connectivity index (χ0v) is 7.60. The van der Waals surface area contributed by atoms with Crippen LogP contribution in [0.5, 0.6) is 0 Å². The van der Waals surface area contributed by atoms with Gasteiger partial charge in [-0.1, -0.05) is 0 Å². The second-order valence-electron chi connectivity index (χ2n) is 3.73. The van der Waals surface area contributed by atoms with Gasteiger partial charge in [0.25, 0.3) is 0 Å². The first kappa shape index (κ1) is 8.69. The Balaban J connectivity index is 2.52. The summed E-state index contributed by atoms with van der Waals surface area (Å²) in [4.78, 5) is 0. The average molecular weight is 184 g/mol. The summed E-state index contributed by atoms with van der Waals surface area (Å²) in [7, 11) is 0. The van der Waals surface area contributed by atoms with Crippen LogP contribution < -0.4 is 0 Å². The van der Waals surface area contributed by atoms with E-state index >= 15 is 0 Å². The summed E-state index contributed by atoms with van der Waals surface area (Å²) in [6.45, 7) is 1.37. The summed E-state index contributed by atoms with van der Waals surface area (Å²) in [5.41, 5.74) is 0.569. The first-order chi connectivity index (χ1) is 6.15. The molecule has 0 aromatic carbocycles. The largest absolute Gasteiger partial charge is 0.390 e. The minimum Gasteiger partial charge on any atom is -0.390 e. The van der Waals surface area contributed by atoms with Crippen molar-refractivity contribution >= 4 is 0 Å². The molecule has 1 atom stereocenters. The van der Waals surface area contributed by atoms with Crippen LogP contribution in [0, 0.1) is 0 Å². The molecule has 72 valence electrons. The van der Waals surface area contributed by atoms with Gasteiger partial charge < -0.3 is 5.11 Å². The highest BCUT2D eigenvalue weighted by molar-refractivity contribution is 5.33. The number of H-pyrrole nitrogens is 1. The molecular formula is C9H13FN2O. The molecule has 3 nitrogen and oxygen atoms in total. The van der Waals surface area contributed by atoms with Crippen molar-refractivity contribution in [2.45, 2.75) is 38.5 Å². The number of nitrogens with one attached hydrogen (secondary N) is 1. The van der Waals surface area contributed by atoms with E-state index in [1.54, 1.807) is 6.92 Å². The lowest BCUT2D eigenvalue weighted by Gasteiger charge is -2.25. The summed E-state index contributed by atoms with van der Waals surface area (Å²) in [5.74, 6) is 0. The number of hydrogen-bond donors (Lipinski definition) is 2. The molecule has 1 aromatic rings. The van der Waals surface area contributed by atoms with Crippen molar-refractivity contribution < 1.29 is 9.50 Å². The number of rotatable bonds is 1. The summed E-state index contributed by atoms with van der Waals surface area (Å²) in [5, 5.41) is 15.6. The van der Waals surface area contributed by atoms with Crippen LogP contribution in [-0.4, -0.2) is 15.3 Å². The van der Waals surface area contributed by atoms with Crippen LogP contribution in [0.1, 0.15) is 36.7 Å². The number of aryl methyl sites for hydroxylation is 1. The summed E-state index contributed by atoms with van der Waals surface area (Å²) < 4.78 is 14.0. The van der Waals surface area contributed by atoms with Crippen molar-refractivity contribution in [3.63, 3.8) is 0 Å². The Hall–Kier alpha value is -0.900. The number of halogens is 1. The van der Waals surface area contributed by atoms with Gasteiger partial charge in [-0.05, 0) is 26.2 Å². The van der Waals surface area contributed by atoms with Crippen LogP contribution in [0.25, 0.3) is 0 Å². The van der Waals surface area contributed by atoms with Gasteiger partial charge in [0.2, 0.25) is 0 Å². The van der Waals surface area contributed by atoms with Gasteiger partial charge in [0.15, 0.2) is 0 Å².